The quantitative estimate of drug-likeness (QED) is 0.564. The zero-order valence-electron chi connectivity index (χ0n) is 11.4. The van der Waals surface area contributed by atoms with Gasteiger partial charge in [-0.1, -0.05) is 6.58 Å². The van der Waals surface area contributed by atoms with Crippen LogP contribution < -0.4 is 0 Å². The first kappa shape index (κ1) is 18.7. The third kappa shape index (κ3) is 11.6. The first-order valence-electron chi connectivity index (χ1n) is 5.63. The van der Waals surface area contributed by atoms with Crippen LogP contribution in [0, 0.1) is 0 Å². The Morgan fingerprint density at radius 3 is 1.47 bits per heavy atom. The van der Waals surface area contributed by atoms with Crippen LogP contribution >= 0.6 is 0 Å². The maximum Gasteiger partial charge on any atom is 0.497 e. The van der Waals surface area contributed by atoms with Crippen molar-refractivity contribution in [2.45, 2.75) is 34.2 Å². The molecular formula is C11H24O5Si. The normalized spacial score (nSPS) is 10.4. The van der Waals surface area contributed by atoms with Crippen molar-refractivity contribution in [2.24, 2.45) is 0 Å². The highest BCUT2D eigenvalue weighted by Crippen LogP contribution is 2.08. The topological polar surface area (TPSA) is 65.0 Å². The minimum Gasteiger partial charge on any atom is -0.478 e. The Labute approximate surface area is 105 Å². The lowest BCUT2D eigenvalue weighted by molar-refractivity contribution is -0.132. The molecule has 0 aliphatic rings. The van der Waals surface area contributed by atoms with Crippen molar-refractivity contribution in [1.82, 2.24) is 0 Å². The Balaban J connectivity index is 0. The summed E-state index contributed by atoms with van der Waals surface area (Å²) in [4.78, 5) is 9.60. The van der Waals surface area contributed by atoms with Gasteiger partial charge in [0.25, 0.3) is 0 Å². The van der Waals surface area contributed by atoms with E-state index >= 15 is 0 Å². The maximum absolute atomic E-state index is 9.60. The number of hydrogen-bond acceptors (Lipinski definition) is 4. The molecule has 0 rings (SSSR count). The summed E-state index contributed by atoms with van der Waals surface area (Å²) in [7, 11) is -2.25. The number of rotatable bonds is 7. The fourth-order valence-electron chi connectivity index (χ4n) is 0.912. The van der Waals surface area contributed by atoms with E-state index in [1.54, 1.807) is 0 Å². The van der Waals surface area contributed by atoms with E-state index in [2.05, 4.69) is 6.58 Å². The lowest BCUT2D eigenvalue weighted by Gasteiger charge is -2.23. The number of aliphatic carboxylic acids is 1. The average molecular weight is 264 g/mol. The number of carboxylic acids is 1. The highest BCUT2D eigenvalue weighted by atomic mass is 28.4. The van der Waals surface area contributed by atoms with Crippen LogP contribution in [0.3, 0.4) is 0 Å². The largest absolute Gasteiger partial charge is 0.497 e. The Morgan fingerprint density at radius 1 is 1.12 bits per heavy atom. The van der Waals surface area contributed by atoms with Gasteiger partial charge >= 0.3 is 14.8 Å². The average Bonchev–Trinajstić information content (AvgIpc) is 2.19. The summed E-state index contributed by atoms with van der Waals surface area (Å²) in [6.45, 7) is 14.3. The van der Waals surface area contributed by atoms with Gasteiger partial charge in [0.15, 0.2) is 0 Å². The van der Waals surface area contributed by atoms with Crippen LogP contribution in [0.4, 0.5) is 0 Å². The molecule has 0 aliphatic heterocycles. The highest BCUT2D eigenvalue weighted by Gasteiger charge is 2.32. The van der Waals surface area contributed by atoms with Crippen molar-refractivity contribution in [3.8, 4) is 0 Å². The molecule has 0 fully saturated rings. The van der Waals surface area contributed by atoms with Gasteiger partial charge in [0.2, 0.25) is 0 Å². The SMILES string of the molecule is C=C(C)C(=O)O.CCO[Si](C)(OCC)OCC. The van der Waals surface area contributed by atoms with Gasteiger partial charge < -0.3 is 18.4 Å². The van der Waals surface area contributed by atoms with Crippen molar-refractivity contribution < 1.29 is 23.2 Å². The van der Waals surface area contributed by atoms with E-state index in [-0.39, 0.29) is 5.57 Å². The molecule has 0 aromatic carbocycles. The van der Waals surface area contributed by atoms with Crippen LogP contribution in [0.1, 0.15) is 27.7 Å². The summed E-state index contributed by atoms with van der Waals surface area (Å²) >= 11 is 0. The number of carbonyl (C=O) groups is 1. The molecule has 0 amide bonds. The molecular weight excluding hydrogens is 240 g/mol. The second-order valence-corrected chi connectivity index (χ2v) is 5.84. The Hall–Kier alpha value is -0.693. The van der Waals surface area contributed by atoms with Crippen LogP contribution in [-0.4, -0.2) is 39.7 Å². The van der Waals surface area contributed by atoms with Crippen molar-refractivity contribution in [1.29, 1.82) is 0 Å². The van der Waals surface area contributed by atoms with Crippen LogP contribution in [0.5, 0.6) is 0 Å². The highest BCUT2D eigenvalue weighted by molar-refractivity contribution is 6.59. The van der Waals surface area contributed by atoms with Crippen molar-refractivity contribution in [3.63, 3.8) is 0 Å². The van der Waals surface area contributed by atoms with E-state index < -0.39 is 14.8 Å². The van der Waals surface area contributed by atoms with E-state index in [9.17, 15) is 4.79 Å². The molecule has 0 saturated carbocycles. The lowest BCUT2D eigenvalue weighted by atomic mass is 10.4. The minimum atomic E-state index is -2.25. The molecule has 0 saturated heterocycles. The van der Waals surface area contributed by atoms with Gasteiger partial charge in [-0.2, -0.15) is 0 Å². The van der Waals surface area contributed by atoms with Gasteiger partial charge in [0, 0.05) is 31.9 Å². The monoisotopic (exact) mass is 264 g/mol. The fourth-order valence-corrected chi connectivity index (χ4v) is 2.73. The Kier molecular flexibility index (Phi) is 11.5. The van der Waals surface area contributed by atoms with Gasteiger partial charge in [-0.15, -0.1) is 0 Å². The van der Waals surface area contributed by atoms with Crippen LogP contribution in [0.2, 0.25) is 6.55 Å². The van der Waals surface area contributed by atoms with E-state index in [4.69, 9.17) is 18.4 Å². The molecule has 0 unspecified atom stereocenters. The van der Waals surface area contributed by atoms with Crippen LogP contribution in [-0.2, 0) is 18.1 Å². The zero-order valence-corrected chi connectivity index (χ0v) is 12.4. The second-order valence-electron chi connectivity index (χ2n) is 3.25. The van der Waals surface area contributed by atoms with Gasteiger partial charge in [-0.3, -0.25) is 0 Å². The van der Waals surface area contributed by atoms with Crippen LogP contribution in [0.25, 0.3) is 0 Å². The first-order valence-corrected chi connectivity index (χ1v) is 7.86. The zero-order chi connectivity index (χ0) is 13.9. The van der Waals surface area contributed by atoms with Crippen molar-refractivity contribution in [2.75, 3.05) is 19.8 Å². The smallest absolute Gasteiger partial charge is 0.478 e. The molecule has 102 valence electrons. The number of hydrogen-bond donors (Lipinski definition) is 1. The maximum atomic E-state index is 9.60. The van der Waals surface area contributed by atoms with Crippen molar-refractivity contribution in [3.05, 3.63) is 12.2 Å². The summed E-state index contributed by atoms with van der Waals surface area (Å²) in [5, 5.41) is 7.89. The molecule has 0 radical (unpaired) electrons. The minimum absolute atomic E-state index is 0.176. The predicted molar refractivity (Wildman–Crippen MR) is 68.9 cm³/mol. The predicted octanol–water partition coefficient (Wildman–Crippen LogP) is 2.31. The van der Waals surface area contributed by atoms with Gasteiger partial charge in [0.05, 0.1) is 0 Å². The van der Waals surface area contributed by atoms with E-state index in [1.165, 1.54) is 6.92 Å². The standard InChI is InChI=1S/C7H18O3Si.C4H6O2/c1-5-8-11(4,9-6-2)10-7-3;1-3(2)4(5)6/h5-7H2,1-4H3;1H2,2H3,(H,5,6). The summed E-state index contributed by atoms with van der Waals surface area (Å²) in [6.07, 6.45) is 0. The van der Waals surface area contributed by atoms with E-state index in [0.29, 0.717) is 19.8 Å². The molecule has 0 spiro atoms. The Bertz CT molecular complexity index is 201. The fraction of sp³-hybridized carbons (Fsp3) is 0.727. The molecule has 17 heavy (non-hydrogen) atoms. The lowest BCUT2D eigenvalue weighted by Crippen LogP contribution is -2.42. The Morgan fingerprint density at radius 2 is 1.35 bits per heavy atom. The van der Waals surface area contributed by atoms with Gasteiger partial charge in [-0.25, -0.2) is 4.79 Å². The molecule has 0 aliphatic carbocycles. The molecule has 0 bridgehead atoms. The summed E-state index contributed by atoms with van der Waals surface area (Å²) in [5.41, 5.74) is 0.176. The summed E-state index contributed by atoms with van der Waals surface area (Å²) < 4.78 is 16.2. The molecule has 0 aromatic heterocycles. The molecule has 0 atom stereocenters. The molecule has 5 nitrogen and oxygen atoms in total. The summed E-state index contributed by atoms with van der Waals surface area (Å²) in [5.74, 6) is -0.935. The molecule has 6 heteroatoms. The van der Waals surface area contributed by atoms with Crippen LogP contribution in [0.15, 0.2) is 12.2 Å². The second kappa shape index (κ2) is 10.5. The first-order chi connectivity index (χ1) is 7.82. The molecule has 0 aromatic rings. The molecule has 1 N–H and O–H groups in total. The third-order valence-electron chi connectivity index (χ3n) is 1.58. The van der Waals surface area contributed by atoms with Crippen molar-refractivity contribution >= 4 is 14.8 Å². The summed E-state index contributed by atoms with van der Waals surface area (Å²) in [6, 6.07) is 0. The third-order valence-corrected chi connectivity index (χ3v) is 4.02. The van der Waals surface area contributed by atoms with E-state index in [1.807, 2.05) is 27.3 Å². The van der Waals surface area contributed by atoms with E-state index in [0.717, 1.165) is 0 Å². The number of carboxylic acid groups (broad SMARTS) is 1. The van der Waals surface area contributed by atoms with Gasteiger partial charge in [0.1, 0.15) is 0 Å². The van der Waals surface area contributed by atoms with Gasteiger partial charge in [-0.05, 0) is 27.7 Å². The molecule has 0 heterocycles.